The number of hydrogen-bond acceptors (Lipinski definition) is 4. The number of nitrogens with zero attached hydrogens (tertiary/aromatic N) is 4. The van der Waals surface area contributed by atoms with Gasteiger partial charge in [-0.25, -0.2) is 9.67 Å². The van der Waals surface area contributed by atoms with Crippen LogP contribution in [0.2, 0.25) is 0 Å². The maximum Gasteiger partial charge on any atom is 0.138 e. The van der Waals surface area contributed by atoms with E-state index in [2.05, 4.69) is 64.4 Å². The first-order chi connectivity index (χ1) is 12.3. The first-order valence-electron chi connectivity index (χ1n) is 8.58. The van der Waals surface area contributed by atoms with Gasteiger partial charge in [0.05, 0.1) is 12.3 Å². The highest BCUT2D eigenvalue weighted by Crippen LogP contribution is 2.16. The minimum atomic E-state index is 0.171. The minimum absolute atomic E-state index is 0.171. The summed E-state index contributed by atoms with van der Waals surface area (Å²) in [6.07, 6.45) is 4.23. The van der Waals surface area contributed by atoms with Crippen LogP contribution < -0.4 is 0 Å². The van der Waals surface area contributed by atoms with Crippen molar-refractivity contribution in [1.29, 1.82) is 0 Å². The molecule has 0 unspecified atom stereocenters. The van der Waals surface area contributed by atoms with E-state index in [9.17, 15) is 5.11 Å². The van der Waals surface area contributed by atoms with Crippen LogP contribution in [0.3, 0.4) is 0 Å². The molecule has 0 radical (unpaired) electrons. The lowest BCUT2D eigenvalue weighted by Crippen LogP contribution is -2.28. The second-order valence-electron chi connectivity index (χ2n) is 6.20. The van der Waals surface area contributed by atoms with Gasteiger partial charge in [0.1, 0.15) is 12.7 Å². The van der Waals surface area contributed by atoms with E-state index in [-0.39, 0.29) is 6.61 Å². The van der Waals surface area contributed by atoms with E-state index >= 15 is 0 Å². The normalized spacial score (nSPS) is 11.2. The molecule has 0 aliphatic carbocycles. The molecule has 0 amide bonds. The third-order valence-electron chi connectivity index (χ3n) is 4.31. The molecule has 0 saturated carbocycles. The van der Waals surface area contributed by atoms with Gasteiger partial charge in [-0.1, -0.05) is 42.5 Å². The van der Waals surface area contributed by atoms with E-state index < -0.39 is 0 Å². The van der Waals surface area contributed by atoms with Crippen LogP contribution in [0, 0.1) is 6.92 Å². The number of aryl methyl sites for hydroxylation is 1. The molecule has 5 nitrogen and oxygen atoms in total. The van der Waals surface area contributed by atoms with Crippen LogP contribution in [0.25, 0.3) is 5.69 Å². The lowest BCUT2D eigenvalue weighted by atomic mass is 10.1. The number of hydrogen-bond donors (Lipinski definition) is 1. The molecule has 0 bridgehead atoms. The Hall–Kier alpha value is -2.50. The van der Waals surface area contributed by atoms with Crippen molar-refractivity contribution in [1.82, 2.24) is 19.7 Å². The summed E-state index contributed by atoms with van der Waals surface area (Å²) >= 11 is 0. The second kappa shape index (κ2) is 8.55. The smallest absolute Gasteiger partial charge is 0.138 e. The van der Waals surface area contributed by atoms with Crippen molar-refractivity contribution in [2.75, 3.05) is 19.7 Å². The molecule has 3 aromatic rings. The molecule has 0 spiro atoms. The summed E-state index contributed by atoms with van der Waals surface area (Å²) in [4.78, 5) is 6.29. The predicted molar refractivity (Wildman–Crippen MR) is 98.6 cm³/mol. The van der Waals surface area contributed by atoms with Gasteiger partial charge in [-0.2, -0.15) is 5.10 Å². The zero-order valence-corrected chi connectivity index (χ0v) is 14.5. The Labute approximate surface area is 148 Å². The van der Waals surface area contributed by atoms with Crippen molar-refractivity contribution in [3.63, 3.8) is 0 Å². The van der Waals surface area contributed by atoms with Crippen molar-refractivity contribution >= 4 is 0 Å². The third-order valence-corrected chi connectivity index (χ3v) is 4.31. The highest BCUT2D eigenvalue weighted by Gasteiger charge is 2.08. The van der Waals surface area contributed by atoms with Crippen molar-refractivity contribution < 1.29 is 5.11 Å². The molecule has 130 valence electrons. The van der Waals surface area contributed by atoms with Crippen LogP contribution in [0.1, 0.15) is 16.7 Å². The number of aliphatic hydroxyl groups excluding tert-OH is 1. The van der Waals surface area contributed by atoms with E-state index in [0.717, 1.165) is 30.8 Å². The number of aromatic nitrogens is 3. The lowest BCUT2D eigenvalue weighted by Gasteiger charge is -2.22. The molecule has 2 aromatic carbocycles. The van der Waals surface area contributed by atoms with Gasteiger partial charge in [0.15, 0.2) is 0 Å². The standard InChI is InChI=1S/C20H24N4O/c1-17-13-19(7-8-20(17)24-16-21-15-22-24)14-23(11-12-25)10-9-18-5-3-2-4-6-18/h2-8,13,15-16,25H,9-12,14H2,1H3. The molecular formula is C20H24N4O. The summed E-state index contributed by atoms with van der Waals surface area (Å²) in [5.74, 6) is 0. The number of aliphatic hydroxyl groups is 1. The first kappa shape index (κ1) is 17.3. The zero-order valence-electron chi connectivity index (χ0n) is 14.5. The van der Waals surface area contributed by atoms with E-state index in [1.54, 1.807) is 17.3 Å². The number of rotatable bonds is 8. The van der Waals surface area contributed by atoms with E-state index in [0.29, 0.717) is 6.54 Å². The van der Waals surface area contributed by atoms with Crippen LogP contribution in [0.5, 0.6) is 0 Å². The lowest BCUT2D eigenvalue weighted by molar-refractivity contribution is 0.191. The molecule has 1 heterocycles. The van der Waals surface area contributed by atoms with E-state index in [1.165, 1.54) is 11.1 Å². The predicted octanol–water partition coefficient (Wildman–Crippen LogP) is 2.61. The van der Waals surface area contributed by atoms with Crippen LogP contribution in [0.15, 0.2) is 61.2 Å². The Morgan fingerprint density at radius 3 is 2.56 bits per heavy atom. The first-order valence-corrected chi connectivity index (χ1v) is 8.58. The monoisotopic (exact) mass is 336 g/mol. The summed E-state index contributed by atoms with van der Waals surface area (Å²) in [6.45, 7) is 4.68. The van der Waals surface area contributed by atoms with Crippen LogP contribution in [0.4, 0.5) is 0 Å². The fraction of sp³-hybridized carbons (Fsp3) is 0.300. The van der Waals surface area contributed by atoms with Gasteiger partial charge >= 0.3 is 0 Å². The molecule has 25 heavy (non-hydrogen) atoms. The number of benzene rings is 2. The topological polar surface area (TPSA) is 54.2 Å². The fourth-order valence-electron chi connectivity index (χ4n) is 3.01. The maximum atomic E-state index is 9.38. The molecule has 0 aliphatic rings. The molecule has 0 saturated heterocycles. The van der Waals surface area contributed by atoms with Gasteiger partial charge in [0.25, 0.3) is 0 Å². The minimum Gasteiger partial charge on any atom is -0.395 e. The van der Waals surface area contributed by atoms with Gasteiger partial charge in [-0.05, 0) is 36.1 Å². The fourth-order valence-corrected chi connectivity index (χ4v) is 3.01. The second-order valence-corrected chi connectivity index (χ2v) is 6.20. The Bertz CT molecular complexity index is 772. The molecule has 0 atom stereocenters. The van der Waals surface area contributed by atoms with Crippen molar-refractivity contribution in [3.05, 3.63) is 77.9 Å². The quantitative estimate of drug-likeness (QED) is 0.687. The summed E-state index contributed by atoms with van der Waals surface area (Å²) in [5, 5.41) is 13.6. The zero-order chi connectivity index (χ0) is 17.5. The largest absolute Gasteiger partial charge is 0.395 e. The van der Waals surface area contributed by atoms with Crippen LogP contribution >= 0.6 is 0 Å². The van der Waals surface area contributed by atoms with Crippen LogP contribution in [-0.2, 0) is 13.0 Å². The Morgan fingerprint density at radius 2 is 1.88 bits per heavy atom. The highest BCUT2D eigenvalue weighted by molar-refractivity contribution is 5.41. The maximum absolute atomic E-state index is 9.38. The van der Waals surface area contributed by atoms with Gasteiger partial charge in [-0.3, -0.25) is 4.90 Å². The van der Waals surface area contributed by atoms with Gasteiger partial charge in [0.2, 0.25) is 0 Å². The summed E-state index contributed by atoms with van der Waals surface area (Å²) in [5.41, 5.74) is 4.76. The van der Waals surface area contributed by atoms with Crippen molar-refractivity contribution in [3.8, 4) is 5.69 Å². The Balaban J connectivity index is 1.66. The Morgan fingerprint density at radius 1 is 1.04 bits per heavy atom. The highest BCUT2D eigenvalue weighted by atomic mass is 16.3. The van der Waals surface area contributed by atoms with Gasteiger partial charge < -0.3 is 5.11 Å². The average Bonchev–Trinajstić information content (AvgIpc) is 3.15. The van der Waals surface area contributed by atoms with Crippen molar-refractivity contribution in [2.24, 2.45) is 0 Å². The Kier molecular flexibility index (Phi) is 5.93. The van der Waals surface area contributed by atoms with Gasteiger partial charge in [0, 0.05) is 19.6 Å². The van der Waals surface area contributed by atoms with E-state index in [4.69, 9.17) is 0 Å². The summed E-state index contributed by atoms with van der Waals surface area (Å²) in [6, 6.07) is 16.8. The van der Waals surface area contributed by atoms with Crippen molar-refractivity contribution in [2.45, 2.75) is 19.9 Å². The summed E-state index contributed by atoms with van der Waals surface area (Å²) in [7, 11) is 0. The average molecular weight is 336 g/mol. The summed E-state index contributed by atoms with van der Waals surface area (Å²) < 4.78 is 1.78. The molecule has 1 aromatic heterocycles. The van der Waals surface area contributed by atoms with Crippen LogP contribution in [-0.4, -0.2) is 44.5 Å². The molecule has 0 aliphatic heterocycles. The van der Waals surface area contributed by atoms with E-state index in [1.807, 2.05) is 6.07 Å². The SMILES string of the molecule is Cc1cc(CN(CCO)CCc2ccccc2)ccc1-n1cncn1. The third kappa shape index (κ3) is 4.75. The molecular weight excluding hydrogens is 312 g/mol. The molecule has 1 N–H and O–H groups in total. The van der Waals surface area contributed by atoms with Gasteiger partial charge in [-0.15, -0.1) is 0 Å². The molecule has 0 fully saturated rings. The molecule has 3 rings (SSSR count). The molecule has 5 heteroatoms.